The predicted octanol–water partition coefficient (Wildman–Crippen LogP) is 0.916. The lowest BCUT2D eigenvalue weighted by atomic mass is 10.00. The van der Waals surface area contributed by atoms with Crippen molar-refractivity contribution in [2.75, 3.05) is 26.9 Å². The Morgan fingerprint density at radius 1 is 1.43 bits per heavy atom. The van der Waals surface area contributed by atoms with E-state index in [-0.39, 0.29) is 6.04 Å². The number of carbonyl (C=O) groups is 1. The summed E-state index contributed by atoms with van der Waals surface area (Å²) >= 11 is 0. The third-order valence-electron chi connectivity index (χ3n) is 4.31. The minimum absolute atomic E-state index is 0.147. The fraction of sp³-hybridized carbons (Fsp3) is 0.786. The average molecular weight is 294 g/mol. The van der Waals surface area contributed by atoms with Crippen molar-refractivity contribution in [1.82, 2.24) is 20.3 Å². The van der Waals surface area contributed by atoms with Gasteiger partial charge in [-0.15, -0.1) is 5.10 Å². The van der Waals surface area contributed by atoms with Crippen molar-refractivity contribution in [3.8, 4) is 0 Å². The molecule has 7 heteroatoms. The van der Waals surface area contributed by atoms with Gasteiger partial charge in [-0.05, 0) is 38.1 Å². The van der Waals surface area contributed by atoms with E-state index >= 15 is 0 Å². The summed E-state index contributed by atoms with van der Waals surface area (Å²) in [6.45, 7) is 3.37. The second-order valence-electron chi connectivity index (χ2n) is 5.70. The van der Waals surface area contributed by atoms with Crippen LogP contribution in [-0.2, 0) is 16.0 Å². The standard InChI is InChI=1S/C14H22N4O3/c1-20-14(19)12-13(11-3-2-6-15-11)18(17-16-12)9-10-4-7-21-8-5-10/h10-11,15H,2-9H2,1H3. The van der Waals surface area contributed by atoms with Crippen molar-refractivity contribution < 1.29 is 14.3 Å². The first-order chi connectivity index (χ1) is 10.3. The number of nitrogens with one attached hydrogen (secondary N) is 1. The van der Waals surface area contributed by atoms with E-state index in [1.807, 2.05) is 4.68 Å². The van der Waals surface area contributed by atoms with E-state index in [0.29, 0.717) is 11.6 Å². The molecular weight excluding hydrogens is 272 g/mol. The number of hydrogen-bond donors (Lipinski definition) is 1. The molecule has 1 atom stereocenters. The lowest BCUT2D eigenvalue weighted by Gasteiger charge is -2.23. The zero-order chi connectivity index (χ0) is 14.7. The van der Waals surface area contributed by atoms with Gasteiger partial charge in [0, 0.05) is 19.8 Å². The van der Waals surface area contributed by atoms with E-state index in [4.69, 9.17) is 9.47 Å². The first-order valence-corrected chi connectivity index (χ1v) is 7.62. The van der Waals surface area contributed by atoms with Gasteiger partial charge < -0.3 is 14.8 Å². The number of esters is 1. The van der Waals surface area contributed by atoms with Crippen molar-refractivity contribution in [3.63, 3.8) is 0 Å². The van der Waals surface area contributed by atoms with Crippen LogP contribution in [0.1, 0.15) is 47.9 Å². The van der Waals surface area contributed by atoms with Crippen LogP contribution in [-0.4, -0.2) is 47.8 Å². The Bertz CT molecular complexity index is 490. The summed E-state index contributed by atoms with van der Waals surface area (Å²) < 4.78 is 12.1. The van der Waals surface area contributed by atoms with Gasteiger partial charge in [-0.25, -0.2) is 9.48 Å². The molecule has 0 saturated carbocycles. The molecule has 2 aliphatic rings. The lowest BCUT2D eigenvalue weighted by Crippen LogP contribution is -2.25. The van der Waals surface area contributed by atoms with E-state index in [2.05, 4.69) is 15.6 Å². The highest BCUT2D eigenvalue weighted by molar-refractivity contribution is 5.88. The summed E-state index contributed by atoms with van der Waals surface area (Å²) in [6, 6.07) is 0.147. The zero-order valence-electron chi connectivity index (χ0n) is 12.4. The van der Waals surface area contributed by atoms with Crippen molar-refractivity contribution >= 4 is 5.97 Å². The van der Waals surface area contributed by atoms with Gasteiger partial charge in [0.1, 0.15) is 0 Å². The summed E-state index contributed by atoms with van der Waals surface area (Å²) in [6.07, 6.45) is 4.18. The second kappa shape index (κ2) is 6.53. The fourth-order valence-electron chi connectivity index (χ4n) is 3.13. The number of aromatic nitrogens is 3. The van der Waals surface area contributed by atoms with E-state index < -0.39 is 5.97 Å². The summed E-state index contributed by atoms with van der Waals surface area (Å²) in [5.74, 6) is 0.128. The molecule has 21 heavy (non-hydrogen) atoms. The van der Waals surface area contributed by atoms with E-state index in [0.717, 1.165) is 57.7 Å². The van der Waals surface area contributed by atoms with Crippen molar-refractivity contribution in [3.05, 3.63) is 11.4 Å². The molecule has 116 valence electrons. The topological polar surface area (TPSA) is 78.3 Å². The number of rotatable bonds is 4. The first-order valence-electron chi connectivity index (χ1n) is 7.62. The van der Waals surface area contributed by atoms with Crippen LogP contribution >= 0.6 is 0 Å². The molecule has 2 fully saturated rings. The minimum atomic E-state index is -0.406. The number of nitrogens with zero attached hydrogens (tertiary/aromatic N) is 3. The van der Waals surface area contributed by atoms with Gasteiger partial charge in [-0.3, -0.25) is 0 Å². The Morgan fingerprint density at radius 2 is 2.24 bits per heavy atom. The number of carbonyl (C=O) groups excluding carboxylic acids is 1. The molecule has 0 amide bonds. The molecule has 1 unspecified atom stereocenters. The molecule has 0 bridgehead atoms. The molecule has 2 aliphatic heterocycles. The quantitative estimate of drug-likeness (QED) is 0.832. The Labute approximate surface area is 124 Å². The van der Waals surface area contributed by atoms with Crippen molar-refractivity contribution in [1.29, 1.82) is 0 Å². The number of methoxy groups -OCH3 is 1. The van der Waals surface area contributed by atoms with Crippen LogP contribution in [0.2, 0.25) is 0 Å². The van der Waals surface area contributed by atoms with Crippen LogP contribution in [0.25, 0.3) is 0 Å². The summed E-state index contributed by atoms with van der Waals surface area (Å²) in [5, 5.41) is 11.7. The molecule has 1 aromatic heterocycles. The largest absolute Gasteiger partial charge is 0.464 e. The lowest BCUT2D eigenvalue weighted by molar-refractivity contribution is 0.0582. The number of ether oxygens (including phenoxy) is 2. The second-order valence-corrected chi connectivity index (χ2v) is 5.70. The van der Waals surface area contributed by atoms with Gasteiger partial charge in [-0.2, -0.15) is 0 Å². The van der Waals surface area contributed by atoms with Crippen molar-refractivity contribution in [2.24, 2.45) is 5.92 Å². The third-order valence-corrected chi connectivity index (χ3v) is 4.31. The molecule has 1 aromatic rings. The molecule has 7 nitrogen and oxygen atoms in total. The van der Waals surface area contributed by atoms with Gasteiger partial charge in [0.15, 0.2) is 5.69 Å². The SMILES string of the molecule is COC(=O)c1nnn(CC2CCOCC2)c1C1CCCN1. The molecule has 0 spiro atoms. The Morgan fingerprint density at radius 3 is 2.90 bits per heavy atom. The fourth-order valence-corrected chi connectivity index (χ4v) is 3.13. The van der Waals surface area contributed by atoms with E-state index in [9.17, 15) is 4.79 Å². The van der Waals surface area contributed by atoms with Gasteiger partial charge in [0.25, 0.3) is 0 Å². The maximum absolute atomic E-state index is 11.9. The summed E-state index contributed by atoms with van der Waals surface area (Å²) in [5.41, 5.74) is 1.23. The van der Waals surface area contributed by atoms with Crippen LogP contribution in [0.5, 0.6) is 0 Å². The minimum Gasteiger partial charge on any atom is -0.464 e. The molecule has 1 N–H and O–H groups in total. The van der Waals surface area contributed by atoms with Crippen molar-refractivity contribution in [2.45, 2.75) is 38.3 Å². The van der Waals surface area contributed by atoms with Gasteiger partial charge in [-0.1, -0.05) is 5.21 Å². The Hall–Kier alpha value is -1.47. The maximum atomic E-state index is 11.9. The number of hydrogen-bond acceptors (Lipinski definition) is 6. The van der Waals surface area contributed by atoms with Crippen LogP contribution in [0.3, 0.4) is 0 Å². The monoisotopic (exact) mass is 294 g/mol. The van der Waals surface area contributed by atoms with Crippen LogP contribution in [0.15, 0.2) is 0 Å². The molecular formula is C14H22N4O3. The normalized spacial score (nSPS) is 23.4. The highest BCUT2D eigenvalue weighted by Crippen LogP contribution is 2.27. The van der Waals surface area contributed by atoms with Crippen LogP contribution < -0.4 is 5.32 Å². The maximum Gasteiger partial charge on any atom is 0.360 e. The molecule has 0 radical (unpaired) electrons. The highest BCUT2D eigenvalue weighted by atomic mass is 16.5. The Balaban J connectivity index is 1.84. The first kappa shape index (κ1) is 14.5. The van der Waals surface area contributed by atoms with Gasteiger partial charge >= 0.3 is 5.97 Å². The smallest absolute Gasteiger partial charge is 0.360 e. The van der Waals surface area contributed by atoms with Crippen LogP contribution in [0.4, 0.5) is 0 Å². The molecule has 0 aromatic carbocycles. The zero-order valence-corrected chi connectivity index (χ0v) is 12.4. The highest BCUT2D eigenvalue weighted by Gasteiger charge is 2.30. The summed E-state index contributed by atoms with van der Waals surface area (Å²) in [7, 11) is 1.38. The molecule has 3 rings (SSSR count). The van der Waals surface area contributed by atoms with E-state index in [1.165, 1.54) is 7.11 Å². The van der Waals surface area contributed by atoms with E-state index in [1.54, 1.807) is 0 Å². The van der Waals surface area contributed by atoms with Gasteiger partial charge in [0.05, 0.1) is 18.8 Å². The third kappa shape index (κ3) is 3.08. The van der Waals surface area contributed by atoms with Crippen LogP contribution in [0, 0.1) is 5.92 Å². The summed E-state index contributed by atoms with van der Waals surface area (Å²) in [4.78, 5) is 11.9. The van der Waals surface area contributed by atoms with Gasteiger partial charge in [0.2, 0.25) is 0 Å². The molecule has 3 heterocycles. The predicted molar refractivity (Wildman–Crippen MR) is 74.9 cm³/mol. The Kier molecular flexibility index (Phi) is 4.50. The molecule has 2 saturated heterocycles. The molecule has 0 aliphatic carbocycles. The average Bonchev–Trinajstić information content (AvgIpc) is 3.16.